The second kappa shape index (κ2) is 9.85. The van der Waals surface area contributed by atoms with Crippen LogP contribution in [0.2, 0.25) is 10.0 Å². The Morgan fingerprint density at radius 2 is 1.89 bits per heavy atom. The summed E-state index contributed by atoms with van der Waals surface area (Å²) in [6, 6.07) is 9.89. The van der Waals surface area contributed by atoms with E-state index in [-0.39, 0.29) is 0 Å². The van der Waals surface area contributed by atoms with Gasteiger partial charge in [-0.25, -0.2) is 4.79 Å². The van der Waals surface area contributed by atoms with Crippen LogP contribution in [0.25, 0.3) is 6.08 Å². The molecule has 0 saturated heterocycles. The van der Waals surface area contributed by atoms with Gasteiger partial charge in [0.25, 0.3) is 5.91 Å². The van der Waals surface area contributed by atoms with E-state index >= 15 is 0 Å². The summed E-state index contributed by atoms with van der Waals surface area (Å²) in [7, 11) is 3.02. The zero-order valence-electron chi connectivity index (χ0n) is 14.6. The average molecular weight is 410 g/mol. The van der Waals surface area contributed by atoms with Crippen LogP contribution in [0.5, 0.6) is 11.5 Å². The highest BCUT2D eigenvalue weighted by molar-refractivity contribution is 6.35. The van der Waals surface area contributed by atoms with Crippen LogP contribution < -0.4 is 14.8 Å². The van der Waals surface area contributed by atoms with Crippen LogP contribution >= 0.6 is 23.2 Å². The largest absolute Gasteiger partial charge is 0.493 e. The third kappa shape index (κ3) is 5.91. The molecule has 1 N–H and O–H groups in total. The molecule has 8 heteroatoms. The molecule has 0 spiro atoms. The molecule has 0 aromatic heterocycles. The number of rotatable bonds is 7. The smallest absolute Gasteiger partial charge is 0.331 e. The number of carbonyl (C=O) groups is 2. The van der Waals surface area contributed by atoms with Crippen molar-refractivity contribution < 1.29 is 23.8 Å². The fourth-order valence-electron chi connectivity index (χ4n) is 2.17. The van der Waals surface area contributed by atoms with Crippen molar-refractivity contribution in [3.8, 4) is 11.5 Å². The van der Waals surface area contributed by atoms with Crippen molar-refractivity contribution in [3.05, 3.63) is 58.1 Å². The first kappa shape index (κ1) is 20.6. The summed E-state index contributed by atoms with van der Waals surface area (Å²) >= 11 is 11.8. The van der Waals surface area contributed by atoms with Crippen molar-refractivity contribution in [2.75, 3.05) is 26.1 Å². The van der Waals surface area contributed by atoms with Gasteiger partial charge in [-0.3, -0.25) is 4.79 Å². The Balaban J connectivity index is 1.93. The number of amides is 1. The Kier molecular flexibility index (Phi) is 7.52. The van der Waals surface area contributed by atoms with Crippen LogP contribution in [0, 0.1) is 0 Å². The summed E-state index contributed by atoms with van der Waals surface area (Å²) < 4.78 is 15.4. The Morgan fingerprint density at radius 3 is 2.59 bits per heavy atom. The molecular formula is C19H17Cl2NO5. The second-order valence-corrected chi connectivity index (χ2v) is 6.04. The van der Waals surface area contributed by atoms with Crippen molar-refractivity contribution in [2.24, 2.45) is 0 Å². The molecule has 6 nitrogen and oxygen atoms in total. The van der Waals surface area contributed by atoms with Gasteiger partial charge in [0.05, 0.1) is 24.9 Å². The van der Waals surface area contributed by atoms with Gasteiger partial charge in [0.2, 0.25) is 0 Å². The molecule has 142 valence electrons. The van der Waals surface area contributed by atoms with E-state index in [0.717, 1.165) is 0 Å². The van der Waals surface area contributed by atoms with Gasteiger partial charge in [0.15, 0.2) is 18.1 Å². The predicted molar refractivity (Wildman–Crippen MR) is 105 cm³/mol. The molecule has 0 aliphatic carbocycles. The molecule has 0 aliphatic heterocycles. The standard InChI is InChI=1S/C19H17Cl2NO5/c1-25-16-5-3-4-12(19(16)26-2)6-9-18(24)27-11-17(23)22-15-10-13(20)7-8-14(15)21/h3-10H,11H2,1-2H3,(H,22,23)/b9-6+. The van der Waals surface area contributed by atoms with E-state index in [1.807, 2.05) is 0 Å². The second-order valence-electron chi connectivity index (χ2n) is 5.20. The molecule has 0 atom stereocenters. The van der Waals surface area contributed by atoms with Crippen LogP contribution in [0.4, 0.5) is 5.69 Å². The minimum Gasteiger partial charge on any atom is -0.493 e. The van der Waals surface area contributed by atoms with Crippen LogP contribution in [-0.2, 0) is 14.3 Å². The van der Waals surface area contributed by atoms with E-state index in [1.54, 1.807) is 30.3 Å². The summed E-state index contributed by atoms with van der Waals surface area (Å²) in [5.74, 6) is -0.213. The van der Waals surface area contributed by atoms with E-state index in [1.165, 1.54) is 32.4 Å². The molecule has 0 heterocycles. The van der Waals surface area contributed by atoms with Gasteiger partial charge >= 0.3 is 5.97 Å². The zero-order chi connectivity index (χ0) is 19.8. The molecule has 0 saturated carbocycles. The maximum Gasteiger partial charge on any atom is 0.331 e. The van der Waals surface area contributed by atoms with Crippen LogP contribution in [0.3, 0.4) is 0 Å². The van der Waals surface area contributed by atoms with Gasteiger partial charge < -0.3 is 19.5 Å². The monoisotopic (exact) mass is 409 g/mol. The summed E-state index contributed by atoms with van der Waals surface area (Å²) in [6.45, 7) is -0.471. The van der Waals surface area contributed by atoms with Gasteiger partial charge in [-0.15, -0.1) is 0 Å². The predicted octanol–water partition coefficient (Wildman–Crippen LogP) is 4.21. The number of hydrogen-bond donors (Lipinski definition) is 1. The molecule has 27 heavy (non-hydrogen) atoms. The van der Waals surface area contributed by atoms with Crippen LogP contribution in [0.1, 0.15) is 5.56 Å². The van der Waals surface area contributed by atoms with E-state index < -0.39 is 18.5 Å². The SMILES string of the molecule is COc1cccc(/C=C/C(=O)OCC(=O)Nc2cc(Cl)ccc2Cl)c1OC. The number of benzene rings is 2. The number of halogens is 2. The van der Waals surface area contributed by atoms with Crippen LogP contribution in [0.15, 0.2) is 42.5 Å². The topological polar surface area (TPSA) is 73.9 Å². The fraction of sp³-hybridized carbons (Fsp3) is 0.158. The third-order valence-electron chi connectivity index (χ3n) is 3.38. The minimum absolute atomic E-state index is 0.323. The highest BCUT2D eigenvalue weighted by atomic mass is 35.5. The van der Waals surface area contributed by atoms with Crippen molar-refractivity contribution in [2.45, 2.75) is 0 Å². The molecule has 0 unspecified atom stereocenters. The van der Waals surface area contributed by atoms with Gasteiger partial charge in [-0.1, -0.05) is 35.3 Å². The maximum atomic E-state index is 11.9. The van der Waals surface area contributed by atoms with Crippen molar-refractivity contribution >= 4 is 46.8 Å². The van der Waals surface area contributed by atoms with Gasteiger partial charge in [-0.05, 0) is 30.3 Å². The number of ether oxygens (including phenoxy) is 3. The summed E-state index contributed by atoms with van der Waals surface area (Å²) in [6.07, 6.45) is 2.70. The molecular weight excluding hydrogens is 393 g/mol. The molecule has 2 rings (SSSR count). The highest BCUT2D eigenvalue weighted by Gasteiger charge is 2.10. The fourth-order valence-corrected chi connectivity index (χ4v) is 2.50. The van der Waals surface area contributed by atoms with E-state index in [0.29, 0.717) is 32.8 Å². The van der Waals surface area contributed by atoms with Crippen LogP contribution in [-0.4, -0.2) is 32.7 Å². The Bertz CT molecular complexity index is 867. The quantitative estimate of drug-likeness (QED) is 0.547. The highest BCUT2D eigenvalue weighted by Crippen LogP contribution is 2.31. The third-order valence-corrected chi connectivity index (χ3v) is 3.95. The number of methoxy groups -OCH3 is 2. The van der Waals surface area contributed by atoms with E-state index in [4.69, 9.17) is 37.4 Å². The minimum atomic E-state index is -0.688. The number of esters is 1. The van der Waals surface area contributed by atoms with Gasteiger partial charge in [0, 0.05) is 16.7 Å². The number of carbonyl (C=O) groups excluding carboxylic acids is 2. The summed E-state index contributed by atoms with van der Waals surface area (Å²) in [4.78, 5) is 23.7. The van der Waals surface area contributed by atoms with Gasteiger partial charge in [-0.2, -0.15) is 0 Å². The van der Waals surface area contributed by atoms with E-state index in [9.17, 15) is 9.59 Å². The first-order chi connectivity index (χ1) is 12.9. The summed E-state index contributed by atoms with van der Waals surface area (Å²) in [5.41, 5.74) is 0.964. The van der Waals surface area contributed by atoms with E-state index in [2.05, 4.69) is 5.32 Å². The normalized spacial score (nSPS) is 10.5. The summed E-state index contributed by atoms with van der Waals surface area (Å²) in [5, 5.41) is 3.26. The number of para-hydroxylation sites is 1. The molecule has 0 aliphatic rings. The molecule has 2 aromatic rings. The Morgan fingerprint density at radius 1 is 1.11 bits per heavy atom. The molecule has 0 fully saturated rings. The first-order valence-electron chi connectivity index (χ1n) is 7.75. The first-order valence-corrected chi connectivity index (χ1v) is 8.51. The lowest BCUT2D eigenvalue weighted by molar-refractivity contribution is -0.142. The lowest BCUT2D eigenvalue weighted by Crippen LogP contribution is -2.20. The van der Waals surface area contributed by atoms with Crippen molar-refractivity contribution in [3.63, 3.8) is 0 Å². The molecule has 0 bridgehead atoms. The van der Waals surface area contributed by atoms with Crippen molar-refractivity contribution in [1.82, 2.24) is 0 Å². The lowest BCUT2D eigenvalue weighted by atomic mass is 10.1. The molecule has 2 aromatic carbocycles. The lowest BCUT2D eigenvalue weighted by Gasteiger charge is -2.10. The Labute approximate surface area is 166 Å². The van der Waals surface area contributed by atoms with Gasteiger partial charge in [0.1, 0.15) is 0 Å². The zero-order valence-corrected chi connectivity index (χ0v) is 16.1. The molecule has 1 amide bonds. The maximum absolute atomic E-state index is 11.9. The van der Waals surface area contributed by atoms with Crippen molar-refractivity contribution in [1.29, 1.82) is 0 Å². The Hall–Kier alpha value is -2.70. The number of nitrogens with one attached hydrogen (secondary N) is 1. The average Bonchev–Trinajstić information content (AvgIpc) is 2.67. The molecule has 0 radical (unpaired) electrons. The number of hydrogen-bond acceptors (Lipinski definition) is 5. The number of anilines is 1.